The third-order valence-electron chi connectivity index (χ3n) is 2.64. The number of carbonyl (C=O) groups is 2. The summed E-state index contributed by atoms with van der Waals surface area (Å²) in [5, 5.41) is 2.49. The van der Waals surface area contributed by atoms with Crippen molar-refractivity contribution in [3.8, 4) is 5.75 Å². The Morgan fingerprint density at radius 1 is 1.26 bits per heavy atom. The summed E-state index contributed by atoms with van der Waals surface area (Å²) in [5.74, 6) is -1.50. The van der Waals surface area contributed by atoms with Gasteiger partial charge in [-0.1, -0.05) is 12.1 Å². The molecule has 0 aromatic heterocycles. The van der Waals surface area contributed by atoms with Gasteiger partial charge in [0.2, 0.25) is 5.91 Å². The van der Waals surface area contributed by atoms with Gasteiger partial charge in [0.1, 0.15) is 5.75 Å². The Kier molecular flexibility index (Phi) is 8.41. The van der Waals surface area contributed by atoms with Crippen molar-refractivity contribution in [2.75, 3.05) is 13.7 Å². The van der Waals surface area contributed by atoms with Gasteiger partial charge in [0.05, 0.1) is 26.1 Å². The van der Waals surface area contributed by atoms with E-state index in [1.165, 1.54) is 19.2 Å². The van der Waals surface area contributed by atoms with Crippen LogP contribution in [0.3, 0.4) is 0 Å². The van der Waals surface area contributed by atoms with Crippen LogP contribution in [-0.2, 0) is 14.3 Å². The number of amides is 1. The summed E-state index contributed by atoms with van der Waals surface area (Å²) in [5.41, 5.74) is 5.60. The van der Waals surface area contributed by atoms with Crippen molar-refractivity contribution in [1.29, 1.82) is 0 Å². The number of carbonyl (C=O) groups excluding carboxylic acids is 2. The highest BCUT2D eigenvalue weighted by Crippen LogP contribution is 2.25. The van der Waals surface area contributed by atoms with Crippen LogP contribution in [0, 0.1) is 0 Å². The average molecular weight is 357 g/mol. The van der Waals surface area contributed by atoms with Crippen LogP contribution >= 0.6 is 12.4 Å². The maximum absolute atomic E-state index is 12.1. The van der Waals surface area contributed by atoms with E-state index < -0.39 is 30.0 Å². The highest BCUT2D eigenvalue weighted by atomic mass is 35.5. The van der Waals surface area contributed by atoms with Crippen molar-refractivity contribution in [1.82, 2.24) is 5.32 Å². The maximum atomic E-state index is 12.1. The van der Waals surface area contributed by atoms with Crippen LogP contribution in [0.5, 0.6) is 5.75 Å². The van der Waals surface area contributed by atoms with Gasteiger partial charge < -0.3 is 20.5 Å². The number of nitrogens with two attached hydrogens (primary N) is 1. The van der Waals surface area contributed by atoms with E-state index in [-0.39, 0.29) is 25.4 Å². The Morgan fingerprint density at radius 3 is 2.26 bits per heavy atom. The van der Waals surface area contributed by atoms with Gasteiger partial charge in [0.25, 0.3) is 0 Å². The zero-order chi connectivity index (χ0) is 16.8. The fourth-order valence-corrected chi connectivity index (χ4v) is 1.66. The number of hydrogen-bond acceptors (Lipinski definition) is 5. The summed E-state index contributed by atoms with van der Waals surface area (Å²) in [6.07, 6.45) is -4.97. The summed E-state index contributed by atoms with van der Waals surface area (Å²) < 4.78 is 44.5. The molecule has 1 aromatic rings. The molecule has 10 heteroatoms. The van der Waals surface area contributed by atoms with Gasteiger partial charge in [-0.15, -0.1) is 25.6 Å². The molecule has 1 rings (SSSR count). The van der Waals surface area contributed by atoms with E-state index in [2.05, 4.69) is 14.8 Å². The van der Waals surface area contributed by atoms with E-state index in [0.29, 0.717) is 5.56 Å². The first-order chi connectivity index (χ1) is 10.2. The first kappa shape index (κ1) is 21.0. The Labute approximate surface area is 136 Å². The second-order valence-electron chi connectivity index (χ2n) is 4.22. The zero-order valence-corrected chi connectivity index (χ0v) is 12.9. The highest BCUT2D eigenvalue weighted by molar-refractivity contribution is 5.85. The zero-order valence-electron chi connectivity index (χ0n) is 12.1. The van der Waals surface area contributed by atoms with Crippen molar-refractivity contribution < 1.29 is 32.2 Å². The Bertz CT molecular complexity index is 505. The molecule has 0 bridgehead atoms. The Hall–Kier alpha value is -2.00. The molecule has 0 aliphatic heterocycles. The predicted molar refractivity (Wildman–Crippen MR) is 76.9 cm³/mol. The first-order valence-electron chi connectivity index (χ1n) is 6.17. The van der Waals surface area contributed by atoms with Crippen molar-refractivity contribution >= 4 is 24.3 Å². The van der Waals surface area contributed by atoms with Gasteiger partial charge >= 0.3 is 12.3 Å². The molecule has 0 aliphatic rings. The quantitative estimate of drug-likeness (QED) is 0.757. The number of esters is 1. The lowest BCUT2D eigenvalue weighted by atomic mass is 10.0. The van der Waals surface area contributed by atoms with Crippen LogP contribution in [0.25, 0.3) is 0 Å². The number of benzene rings is 1. The molecular weight excluding hydrogens is 341 g/mol. The lowest BCUT2D eigenvalue weighted by molar-refractivity contribution is -0.274. The molecule has 130 valence electrons. The van der Waals surface area contributed by atoms with Gasteiger partial charge in [0.15, 0.2) is 0 Å². The number of hydrogen-bond donors (Lipinski definition) is 2. The number of ether oxygens (including phenoxy) is 2. The molecule has 0 aliphatic carbocycles. The summed E-state index contributed by atoms with van der Waals surface area (Å²) in [7, 11) is 1.18. The SMILES string of the molecule is COC(=O)CC(NC(=O)CN)c1ccc(OC(F)(F)F)cc1.Cl. The third-order valence-corrected chi connectivity index (χ3v) is 2.64. The Morgan fingerprint density at radius 2 is 1.83 bits per heavy atom. The summed E-state index contributed by atoms with van der Waals surface area (Å²) >= 11 is 0. The molecule has 0 radical (unpaired) electrons. The number of methoxy groups -OCH3 is 1. The molecule has 6 nitrogen and oxygen atoms in total. The summed E-state index contributed by atoms with van der Waals surface area (Å²) in [6.45, 7) is -0.285. The van der Waals surface area contributed by atoms with Crippen LogP contribution in [0.2, 0.25) is 0 Å². The van der Waals surface area contributed by atoms with Crippen molar-refractivity contribution in [2.45, 2.75) is 18.8 Å². The molecule has 1 amide bonds. The predicted octanol–water partition coefficient (Wildman–Crippen LogP) is 1.69. The molecule has 0 heterocycles. The second-order valence-corrected chi connectivity index (χ2v) is 4.22. The molecule has 3 N–H and O–H groups in total. The fraction of sp³-hybridized carbons (Fsp3) is 0.385. The van der Waals surface area contributed by atoms with E-state index in [0.717, 1.165) is 12.1 Å². The summed E-state index contributed by atoms with van der Waals surface area (Å²) in [6, 6.07) is 4.03. The lowest BCUT2D eigenvalue weighted by Crippen LogP contribution is -2.35. The maximum Gasteiger partial charge on any atom is 0.573 e. The highest BCUT2D eigenvalue weighted by Gasteiger charge is 2.31. The van der Waals surface area contributed by atoms with Gasteiger partial charge in [0, 0.05) is 0 Å². The van der Waals surface area contributed by atoms with Gasteiger partial charge in [-0.3, -0.25) is 9.59 Å². The molecule has 1 atom stereocenters. The fourth-order valence-electron chi connectivity index (χ4n) is 1.66. The first-order valence-corrected chi connectivity index (χ1v) is 6.17. The van der Waals surface area contributed by atoms with Crippen LogP contribution in [0.15, 0.2) is 24.3 Å². The summed E-state index contributed by atoms with van der Waals surface area (Å²) in [4.78, 5) is 22.7. The van der Waals surface area contributed by atoms with Crippen LogP contribution in [0.4, 0.5) is 13.2 Å². The molecule has 23 heavy (non-hydrogen) atoms. The average Bonchev–Trinajstić information content (AvgIpc) is 2.45. The van der Waals surface area contributed by atoms with Gasteiger partial charge in [-0.25, -0.2) is 0 Å². The van der Waals surface area contributed by atoms with E-state index >= 15 is 0 Å². The smallest absolute Gasteiger partial charge is 0.469 e. The number of halogens is 4. The van der Waals surface area contributed by atoms with Gasteiger partial charge in [-0.2, -0.15) is 0 Å². The second kappa shape index (κ2) is 9.21. The molecule has 0 saturated carbocycles. The van der Waals surface area contributed by atoms with Crippen molar-refractivity contribution in [2.24, 2.45) is 5.73 Å². The molecule has 1 aromatic carbocycles. The third kappa shape index (κ3) is 7.71. The molecule has 0 spiro atoms. The molecule has 1 unspecified atom stereocenters. The topological polar surface area (TPSA) is 90.7 Å². The van der Waals surface area contributed by atoms with Crippen LogP contribution in [0.1, 0.15) is 18.0 Å². The number of nitrogens with one attached hydrogen (secondary N) is 1. The minimum absolute atomic E-state index is 0. The standard InChI is InChI=1S/C13H15F3N2O4.ClH/c1-21-12(20)6-10(18-11(19)7-17)8-2-4-9(5-3-8)22-13(14,15)16;/h2-5,10H,6-7,17H2,1H3,(H,18,19);1H. The van der Waals surface area contributed by atoms with E-state index in [4.69, 9.17) is 5.73 Å². The normalized spacial score (nSPS) is 11.9. The molecular formula is C13H16ClF3N2O4. The van der Waals surface area contributed by atoms with Crippen LogP contribution < -0.4 is 15.8 Å². The molecule has 0 fully saturated rings. The minimum Gasteiger partial charge on any atom is -0.469 e. The lowest BCUT2D eigenvalue weighted by Gasteiger charge is -2.18. The van der Waals surface area contributed by atoms with E-state index in [1.54, 1.807) is 0 Å². The van der Waals surface area contributed by atoms with Crippen LogP contribution in [-0.4, -0.2) is 31.9 Å². The Balaban J connectivity index is 0.00000484. The van der Waals surface area contributed by atoms with E-state index in [1.807, 2.05) is 0 Å². The molecule has 0 saturated heterocycles. The monoisotopic (exact) mass is 356 g/mol. The van der Waals surface area contributed by atoms with Gasteiger partial charge in [-0.05, 0) is 17.7 Å². The van der Waals surface area contributed by atoms with Crippen molar-refractivity contribution in [3.05, 3.63) is 29.8 Å². The largest absolute Gasteiger partial charge is 0.573 e. The minimum atomic E-state index is -4.79. The van der Waals surface area contributed by atoms with E-state index in [9.17, 15) is 22.8 Å². The number of alkyl halides is 3. The number of rotatable bonds is 6. The van der Waals surface area contributed by atoms with Crippen molar-refractivity contribution in [3.63, 3.8) is 0 Å².